The lowest BCUT2D eigenvalue weighted by molar-refractivity contribution is -0.384. The summed E-state index contributed by atoms with van der Waals surface area (Å²) in [7, 11) is 0. The second kappa shape index (κ2) is 5.75. The molecule has 2 N–H and O–H groups in total. The number of nitrogens with two attached hydrogens (primary N) is 1. The molecule has 2 aromatic rings. The van der Waals surface area contributed by atoms with Crippen LogP contribution in [0.2, 0.25) is 0 Å². The normalized spacial score (nSPS) is 10.6. The highest BCUT2D eigenvalue weighted by Crippen LogP contribution is 2.27. The summed E-state index contributed by atoms with van der Waals surface area (Å²) in [5, 5.41) is 10.9. The third kappa shape index (κ3) is 3.05. The number of hydrogen-bond donors (Lipinski definition) is 1. The first-order valence-electron chi connectivity index (χ1n) is 5.75. The van der Waals surface area contributed by atoms with Crippen molar-refractivity contribution in [2.24, 2.45) is 5.73 Å². The van der Waals surface area contributed by atoms with Crippen LogP contribution in [0, 0.1) is 10.1 Å². The van der Waals surface area contributed by atoms with Crippen LogP contribution in [-0.2, 0) is 4.79 Å². The van der Waals surface area contributed by atoms with E-state index in [4.69, 9.17) is 5.73 Å². The second-order valence-electron chi connectivity index (χ2n) is 3.99. The standard InChI is InChI=1S/C14H11N3O3/c15-13(18)8-5-10-3-6-11(7-4-10)14-12(17(19)20)2-1-9-16-14/h1-9H,(H2,15,18). The van der Waals surface area contributed by atoms with E-state index in [1.165, 1.54) is 24.4 Å². The minimum Gasteiger partial charge on any atom is -0.366 e. The number of rotatable bonds is 4. The molecular formula is C14H11N3O3. The van der Waals surface area contributed by atoms with E-state index in [-0.39, 0.29) is 5.69 Å². The molecule has 0 atom stereocenters. The van der Waals surface area contributed by atoms with Gasteiger partial charge in [-0.15, -0.1) is 0 Å². The summed E-state index contributed by atoms with van der Waals surface area (Å²) >= 11 is 0. The monoisotopic (exact) mass is 269 g/mol. The Labute approximate surface area is 114 Å². The smallest absolute Gasteiger partial charge is 0.295 e. The van der Waals surface area contributed by atoms with Gasteiger partial charge in [-0.2, -0.15) is 0 Å². The number of amides is 1. The van der Waals surface area contributed by atoms with Gasteiger partial charge in [-0.3, -0.25) is 14.9 Å². The Morgan fingerprint density at radius 3 is 2.55 bits per heavy atom. The lowest BCUT2D eigenvalue weighted by atomic mass is 10.1. The molecule has 1 amide bonds. The minimum absolute atomic E-state index is 0.0482. The van der Waals surface area contributed by atoms with Crippen LogP contribution < -0.4 is 5.73 Å². The molecule has 0 aliphatic carbocycles. The topological polar surface area (TPSA) is 99.1 Å². The van der Waals surface area contributed by atoms with E-state index in [9.17, 15) is 14.9 Å². The SMILES string of the molecule is NC(=O)C=Cc1ccc(-c2ncccc2[N+](=O)[O-])cc1. The lowest BCUT2D eigenvalue weighted by Crippen LogP contribution is -2.05. The quantitative estimate of drug-likeness (QED) is 0.522. The van der Waals surface area contributed by atoms with Crippen molar-refractivity contribution in [3.63, 3.8) is 0 Å². The number of pyridine rings is 1. The van der Waals surface area contributed by atoms with Crippen molar-refractivity contribution in [3.8, 4) is 11.3 Å². The van der Waals surface area contributed by atoms with Gasteiger partial charge in [-0.1, -0.05) is 24.3 Å². The zero-order chi connectivity index (χ0) is 14.5. The largest absolute Gasteiger partial charge is 0.366 e. The zero-order valence-electron chi connectivity index (χ0n) is 10.4. The molecule has 0 saturated carbocycles. The van der Waals surface area contributed by atoms with Crippen LogP contribution in [0.25, 0.3) is 17.3 Å². The van der Waals surface area contributed by atoms with Crippen LogP contribution in [0.1, 0.15) is 5.56 Å². The molecule has 0 fully saturated rings. The van der Waals surface area contributed by atoms with Gasteiger partial charge in [-0.25, -0.2) is 4.98 Å². The summed E-state index contributed by atoms with van der Waals surface area (Å²) in [6.45, 7) is 0. The van der Waals surface area contributed by atoms with E-state index in [0.717, 1.165) is 5.56 Å². The van der Waals surface area contributed by atoms with E-state index in [1.54, 1.807) is 30.3 Å². The first kappa shape index (κ1) is 13.4. The Morgan fingerprint density at radius 1 is 1.25 bits per heavy atom. The van der Waals surface area contributed by atoms with Crippen molar-refractivity contribution >= 4 is 17.7 Å². The molecule has 1 aromatic heterocycles. The fourth-order valence-electron chi connectivity index (χ4n) is 1.70. The average molecular weight is 269 g/mol. The van der Waals surface area contributed by atoms with Crippen molar-refractivity contribution < 1.29 is 9.72 Å². The summed E-state index contributed by atoms with van der Waals surface area (Å²) in [4.78, 5) is 25.1. The van der Waals surface area contributed by atoms with Gasteiger partial charge in [0.2, 0.25) is 5.91 Å². The third-order valence-electron chi connectivity index (χ3n) is 2.61. The zero-order valence-corrected chi connectivity index (χ0v) is 10.4. The highest BCUT2D eigenvalue weighted by Gasteiger charge is 2.15. The van der Waals surface area contributed by atoms with Crippen LogP contribution in [-0.4, -0.2) is 15.8 Å². The number of carbonyl (C=O) groups excluding carboxylic acids is 1. The van der Waals surface area contributed by atoms with Crippen LogP contribution in [0.15, 0.2) is 48.7 Å². The summed E-state index contributed by atoms with van der Waals surface area (Å²) < 4.78 is 0. The summed E-state index contributed by atoms with van der Waals surface area (Å²) in [6, 6.07) is 9.79. The second-order valence-corrected chi connectivity index (χ2v) is 3.99. The number of aromatic nitrogens is 1. The average Bonchev–Trinajstić information content (AvgIpc) is 2.45. The number of primary amides is 1. The first-order valence-corrected chi connectivity index (χ1v) is 5.75. The third-order valence-corrected chi connectivity index (χ3v) is 2.61. The van der Waals surface area contributed by atoms with Gasteiger partial charge < -0.3 is 5.73 Å². The Hall–Kier alpha value is -3.02. The van der Waals surface area contributed by atoms with Crippen molar-refractivity contribution in [1.29, 1.82) is 0 Å². The van der Waals surface area contributed by atoms with Crippen LogP contribution >= 0.6 is 0 Å². The Bertz CT molecular complexity index is 678. The summed E-state index contributed by atoms with van der Waals surface area (Å²) in [6.07, 6.45) is 4.32. The molecule has 0 radical (unpaired) electrons. The molecule has 100 valence electrons. The number of benzene rings is 1. The van der Waals surface area contributed by atoms with Gasteiger partial charge in [0.1, 0.15) is 5.69 Å². The van der Waals surface area contributed by atoms with Gasteiger partial charge in [0.25, 0.3) is 5.69 Å². The molecule has 20 heavy (non-hydrogen) atoms. The first-order chi connectivity index (χ1) is 9.58. The summed E-state index contributed by atoms with van der Waals surface area (Å²) in [5.74, 6) is -0.533. The molecule has 2 rings (SSSR count). The molecule has 6 nitrogen and oxygen atoms in total. The lowest BCUT2D eigenvalue weighted by Gasteiger charge is -2.02. The minimum atomic E-state index is -0.533. The Morgan fingerprint density at radius 2 is 1.95 bits per heavy atom. The Kier molecular flexibility index (Phi) is 3.85. The molecule has 1 heterocycles. The van der Waals surface area contributed by atoms with Crippen molar-refractivity contribution in [2.75, 3.05) is 0 Å². The van der Waals surface area contributed by atoms with Crippen LogP contribution in [0.3, 0.4) is 0 Å². The van der Waals surface area contributed by atoms with E-state index in [1.807, 2.05) is 0 Å². The highest BCUT2D eigenvalue weighted by atomic mass is 16.6. The maximum absolute atomic E-state index is 10.9. The molecule has 0 aliphatic heterocycles. The molecule has 0 saturated heterocycles. The van der Waals surface area contributed by atoms with E-state index in [0.29, 0.717) is 11.3 Å². The number of carbonyl (C=O) groups is 1. The van der Waals surface area contributed by atoms with Crippen molar-refractivity contribution in [2.45, 2.75) is 0 Å². The van der Waals surface area contributed by atoms with Gasteiger partial charge >= 0.3 is 0 Å². The van der Waals surface area contributed by atoms with E-state index >= 15 is 0 Å². The van der Waals surface area contributed by atoms with Crippen molar-refractivity contribution in [3.05, 3.63) is 64.3 Å². The van der Waals surface area contributed by atoms with Crippen molar-refractivity contribution in [1.82, 2.24) is 4.98 Å². The summed E-state index contributed by atoms with van der Waals surface area (Å²) in [5.41, 5.74) is 6.67. The molecule has 6 heteroatoms. The van der Waals surface area contributed by atoms with Gasteiger partial charge in [0, 0.05) is 23.9 Å². The fourth-order valence-corrected chi connectivity index (χ4v) is 1.70. The van der Waals surface area contributed by atoms with Gasteiger partial charge in [0.05, 0.1) is 4.92 Å². The number of hydrogen-bond acceptors (Lipinski definition) is 4. The predicted octanol–water partition coefficient (Wildman–Crippen LogP) is 2.16. The van der Waals surface area contributed by atoms with Crippen LogP contribution in [0.4, 0.5) is 5.69 Å². The molecule has 0 spiro atoms. The molecule has 0 unspecified atom stereocenters. The maximum Gasteiger partial charge on any atom is 0.295 e. The highest BCUT2D eigenvalue weighted by molar-refractivity contribution is 5.90. The molecular weight excluding hydrogens is 258 g/mol. The molecule has 0 aliphatic rings. The van der Waals surface area contributed by atoms with E-state index < -0.39 is 10.8 Å². The Balaban J connectivity index is 2.36. The van der Waals surface area contributed by atoms with Gasteiger partial charge in [-0.05, 0) is 17.7 Å². The van der Waals surface area contributed by atoms with E-state index in [2.05, 4.69) is 4.98 Å². The molecule has 0 bridgehead atoms. The number of nitro groups is 1. The molecule has 1 aromatic carbocycles. The number of nitrogens with zero attached hydrogens (tertiary/aromatic N) is 2. The fraction of sp³-hybridized carbons (Fsp3) is 0. The maximum atomic E-state index is 10.9. The predicted molar refractivity (Wildman–Crippen MR) is 74.6 cm³/mol. The van der Waals surface area contributed by atoms with Crippen LogP contribution in [0.5, 0.6) is 0 Å². The van der Waals surface area contributed by atoms with Gasteiger partial charge in [0.15, 0.2) is 0 Å².